The van der Waals surface area contributed by atoms with Gasteiger partial charge in [0.05, 0.1) is 7.41 Å². The van der Waals surface area contributed by atoms with E-state index in [-0.39, 0.29) is 17.9 Å². The number of aromatic nitrogens is 2. The van der Waals surface area contributed by atoms with Gasteiger partial charge in [-0.1, -0.05) is 0 Å². The second-order valence-electron chi connectivity index (χ2n) is 3.94. The molecule has 1 aromatic rings. The van der Waals surface area contributed by atoms with Gasteiger partial charge >= 0.3 is 5.69 Å². The van der Waals surface area contributed by atoms with Gasteiger partial charge in [-0.15, -0.1) is 0 Å². The average molecular weight is 193 g/mol. The zero-order valence-corrected chi connectivity index (χ0v) is 7.68. The van der Waals surface area contributed by atoms with Crippen LogP contribution in [-0.4, -0.2) is 28.2 Å². The van der Waals surface area contributed by atoms with Crippen molar-refractivity contribution in [1.82, 2.24) is 9.55 Å². The lowest BCUT2D eigenvalue weighted by atomic mass is 10.2. The highest BCUT2D eigenvalue weighted by atomic mass is 16.1. The van der Waals surface area contributed by atoms with E-state index in [1.54, 1.807) is 10.6 Å². The van der Waals surface area contributed by atoms with Crippen LogP contribution in [0, 0.1) is 0 Å². The van der Waals surface area contributed by atoms with Crippen LogP contribution in [0.5, 0.6) is 0 Å². The largest absolute Gasteiger partial charge is 0.351 e. The van der Waals surface area contributed by atoms with Crippen LogP contribution in [0.25, 0.3) is 0 Å². The van der Waals surface area contributed by atoms with E-state index >= 15 is 0 Å². The van der Waals surface area contributed by atoms with Gasteiger partial charge in [0, 0.05) is 25.3 Å². The molecular formula is C9H12N4O. The molecule has 0 bridgehead atoms. The lowest BCUT2D eigenvalue weighted by Crippen LogP contribution is -2.28. The summed E-state index contributed by atoms with van der Waals surface area (Å²) in [6, 6.07) is 2.14. The van der Waals surface area contributed by atoms with E-state index in [4.69, 9.17) is 7.10 Å². The van der Waals surface area contributed by atoms with Crippen molar-refractivity contribution >= 4 is 5.82 Å². The maximum atomic E-state index is 11.5. The molecule has 0 spiro atoms. The Kier molecular flexibility index (Phi) is 1.29. The molecule has 2 N–H and O–H groups in total. The van der Waals surface area contributed by atoms with E-state index in [1.807, 2.05) is 0 Å². The van der Waals surface area contributed by atoms with Crippen molar-refractivity contribution in [3.63, 3.8) is 0 Å². The van der Waals surface area contributed by atoms with E-state index in [0.29, 0.717) is 12.6 Å². The molecule has 74 valence electrons. The van der Waals surface area contributed by atoms with E-state index in [0.717, 1.165) is 18.8 Å². The molecule has 2 aliphatic heterocycles. The zero-order chi connectivity index (χ0) is 10.6. The van der Waals surface area contributed by atoms with Gasteiger partial charge < -0.3 is 10.6 Å². The molecule has 2 aliphatic rings. The van der Waals surface area contributed by atoms with Gasteiger partial charge in [-0.05, 0) is 12.5 Å². The van der Waals surface area contributed by atoms with Crippen molar-refractivity contribution in [2.45, 2.75) is 25.0 Å². The van der Waals surface area contributed by atoms with Crippen LogP contribution < -0.4 is 16.3 Å². The molecule has 0 saturated carbocycles. The summed E-state index contributed by atoms with van der Waals surface area (Å²) in [5.41, 5.74) is 5.55. The third kappa shape index (κ3) is 0.928. The van der Waals surface area contributed by atoms with Crippen LogP contribution in [-0.2, 0) is 6.54 Å². The number of nitrogens with two attached hydrogens (primary N) is 1. The van der Waals surface area contributed by atoms with Gasteiger partial charge in [0.15, 0.2) is 0 Å². The number of hydrogen-bond acceptors (Lipinski definition) is 4. The van der Waals surface area contributed by atoms with Crippen LogP contribution in [0.1, 0.15) is 7.79 Å². The van der Waals surface area contributed by atoms with Crippen molar-refractivity contribution < 1.29 is 1.37 Å². The van der Waals surface area contributed by atoms with E-state index in [1.165, 1.54) is 0 Å². The van der Waals surface area contributed by atoms with Crippen LogP contribution >= 0.6 is 0 Å². The summed E-state index contributed by atoms with van der Waals surface area (Å²) in [5.74, 6) is 0.804. The molecule has 0 aliphatic carbocycles. The minimum absolute atomic E-state index is 0.0346. The zero-order valence-electron chi connectivity index (χ0n) is 8.68. The predicted molar refractivity (Wildman–Crippen MR) is 52.2 cm³/mol. The molecule has 0 aromatic carbocycles. The summed E-state index contributed by atoms with van der Waals surface area (Å²) < 4.78 is 9.06. The Morgan fingerprint density at radius 3 is 3.36 bits per heavy atom. The molecule has 1 fully saturated rings. The van der Waals surface area contributed by atoms with Crippen molar-refractivity contribution in [1.29, 1.82) is 0 Å². The highest BCUT2D eigenvalue weighted by Crippen LogP contribution is 2.30. The first-order chi connectivity index (χ1) is 7.15. The first-order valence-electron chi connectivity index (χ1n) is 5.26. The molecule has 3 heterocycles. The SMILES string of the molecule is [2H]c1cc2n(c(=O)n1)C[C@H]1C[C@@H](N)CN21. The minimum atomic E-state index is -0.319. The van der Waals surface area contributed by atoms with Crippen molar-refractivity contribution in [3.8, 4) is 0 Å². The second kappa shape index (κ2) is 2.57. The fourth-order valence-electron chi connectivity index (χ4n) is 2.41. The van der Waals surface area contributed by atoms with Crippen LogP contribution in [0.3, 0.4) is 0 Å². The minimum Gasteiger partial charge on any atom is -0.351 e. The maximum absolute atomic E-state index is 11.5. The second-order valence-corrected chi connectivity index (χ2v) is 3.94. The Labute approximate surface area is 82.6 Å². The Morgan fingerprint density at radius 2 is 2.50 bits per heavy atom. The van der Waals surface area contributed by atoms with Gasteiger partial charge in [-0.2, -0.15) is 0 Å². The number of nitrogens with zero attached hydrogens (tertiary/aromatic N) is 3. The predicted octanol–water partition coefficient (Wildman–Crippen LogP) is -0.837. The number of anilines is 1. The Bertz CT molecular complexity index is 472. The monoisotopic (exact) mass is 193 g/mol. The maximum Gasteiger partial charge on any atom is 0.349 e. The molecule has 0 unspecified atom stereocenters. The summed E-state index contributed by atoms with van der Waals surface area (Å²) >= 11 is 0. The average Bonchev–Trinajstić information content (AvgIpc) is 2.63. The molecule has 1 aromatic heterocycles. The Hall–Kier alpha value is -1.36. The van der Waals surface area contributed by atoms with Gasteiger partial charge in [0.1, 0.15) is 5.82 Å². The molecule has 14 heavy (non-hydrogen) atoms. The van der Waals surface area contributed by atoms with Crippen LogP contribution in [0.2, 0.25) is 0 Å². The van der Waals surface area contributed by atoms with E-state index < -0.39 is 0 Å². The third-order valence-electron chi connectivity index (χ3n) is 3.00. The van der Waals surface area contributed by atoms with E-state index in [2.05, 4.69) is 9.88 Å². The van der Waals surface area contributed by atoms with Gasteiger partial charge in [-0.3, -0.25) is 4.57 Å². The quantitative estimate of drug-likeness (QED) is 0.583. The fraction of sp³-hybridized carbons (Fsp3) is 0.556. The lowest BCUT2D eigenvalue weighted by molar-refractivity contribution is 0.582. The highest BCUT2D eigenvalue weighted by Gasteiger charge is 2.37. The standard InChI is InChI=1S/C9H12N4O/c10-6-3-7-5-13-8(12(7)4-6)1-2-11-9(13)14/h1-2,6-7H,3-5,10H2/t6-,7-/m1/s1/i2D. The Balaban J connectivity index is 2.12. The molecule has 1 saturated heterocycles. The van der Waals surface area contributed by atoms with Crippen molar-refractivity contribution in [3.05, 3.63) is 22.7 Å². The topological polar surface area (TPSA) is 64.1 Å². The lowest BCUT2D eigenvalue weighted by Gasteiger charge is -2.16. The molecule has 2 atom stereocenters. The summed E-state index contributed by atoms with van der Waals surface area (Å²) in [6.45, 7) is 1.43. The number of fused-ring (bicyclic) bond motifs is 3. The molecule has 5 nitrogen and oxygen atoms in total. The van der Waals surface area contributed by atoms with E-state index in [9.17, 15) is 4.79 Å². The third-order valence-corrected chi connectivity index (χ3v) is 3.00. The van der Waals surface area contributed by atoms with Crippen LogP contribution in [0.4, 0.5) is 5.82 Å². The fourth-order valence-corrected chi connectivity index (χ4v) is 2.41. The molecule has 5 heteroatoms. The first kappa shape index (κ1) is 7.00. The van der Waals surface area contributed by atoms with Crippen molar-refractivity contribution in [2.24, 2.45) is 5.73 Å². The summed E-state index contributed by atoms with van der Waals surface area (Å²) in [5, 5.41) is 0. The summed E-state index contributed by atoms with van der Waals surface area (Å²) in [4.78, 5) is 17.2. The normalized spacial score (nSPS) is 30.1. The molecule has 0 radical (unpaired) electrons. The van der Waals surface area contributed by atoms with Crippen LogP contribution in [0.15, 0.2) is 17.0 Å². The first-order valence-corrected chi connectivity index (χ1v) is 4.76. The number of rotatable bonds is 0. The molecular weight excluding hydrogens is 180 g/mol. The van der Waals surface area contributed by atoms with Gasteiger partial charge in [0.25, 0.3) is 0 Å². The highest BCUT2D eigenvalue weighted by molar-refractivity contribution is 5.45. The number of hydrogen-bond donors (Lipinski definition) is 1. The summed E-state index contributed by atoms with van der Waals surface area (Å²) in [7, 11) is 0. The van der Waals surface area contributed by atoms with Gasteiger partial charge in [-0.25, -0.2) is 9.78 Å². The Morgan fingerprint density at radius 1 is 1.64 bits per heavy atom. The molecule has 3 rings (SSSR count). The van der Waals surface area contributed by atoms with Gasteiger partial charge in [0.2, 0.25) is 0 Å². The van der Waals surface area contributed by atoms with Crippen molar-refractivity contribution in [2.75, 3.05) is 11.4 Å². The molecule has 0 amide bonds. The smallest absolute Gasteiger partial charge is 0.349 e. The summed E-state index contributed by atoms with van der Waals surface area (Å²) in [6.07, 6.45) is 0.946.